The van der Waals surface area contributed by atoms with Gasteiger partial charge in [-0.15, -0.1) is 0 Å². The summed E-state index contributed by atoms with van der Waals surface area (Å²) in [7, 11) is 0. The summed E-state index contributed by atoms with van der Waals surface area (Å²) in [4.78, 5) is 50.9. The standard InChI is InChI=1S/C31H33N7O4/c1-5-6-9-23(32-4)13-16-33-19-28(39)38-20-29(40)37(17-14-24-10-7-8-15-34-24)26-12-11-25(18-27(26)38)35-31(41)30-21(2)36-42-22(30)3/h4-12,15,18,33H,13-14,16-17,19-20H2,1-3H3/p+1. The quantitative estimate of drug-likeness (QED) is 0.262. The van der Waals surface area contributed by atoms with E-state index in [1.165, 1.54) is 4.90 Å². The van der Waals surface area contributed by atoms with Crippen molar-refractivity contribution in [3.8, 4) is 6.57 Å². The highest BCUT2D eigenvalue weighted by Crippen LogP contribution is 2.36. The van der Waals surface area contributed by atoms with Crippen LogP contribution in [-0.2, 0) is 16.0 Å². The van der Waals surface area contributed by atoms with Gasteiger partial charge in [0, 0.05) is 43.2 Å². The van der Waals surface area contributed by atoms with Crippen LogP contribution in [0.5, 0.6) is 0 Å². The number of aromatic nitrogens is 2. The van der Waals surface area contributed by atoms with Crippen molar-refractivity contribution in [2.24, 2.45) is 0 Å². The van der Waals surface area contributed by atoms with Crippen LogP contribution in [0.3, 0.4) is 0 Å². The number of amides is 3. The number of fused-ring (bicyclic) bond motifs is 1. The molecule has 0 fully saturated rings. The highest BCUT2D eigenvalue weighted by Gasteiger charge is 2.33. The van der Waals surface area contributed by atoms with E-state index in [-0.39, 0.29) is 30.8 Å². The number of hydrogen-bond acceptors (Lipinski definition) is 7. The molecule has 0 spiro atoms. The summed E-state index contributed by atoms with van der Waals surface area (Å²) < 4.78 is 5.13. The van der Waals surface area contributed by atoms with Gasteiger partial charge >= 0.3 is 5.70 Å². The summed E-state index contributed by atoms with van der Waals surface area (Å²) in [6.45, 7) is 11.4. The number of carbonyl (C=O) groups is 3. The zero-order chi connectivity index (χ0) is 30.1. The molecule has 0 radical (unpaired) electrons. The number of nitrogens with zero attached hydrogens (tertiary/aromatic N) is 5. The molecule has 0 atom stereocenters. The number of carbonyl (C=O) groups excluding carboxylic acids is 3. The molecule has 42 heavy (non-hydrogen) atoms. The Morgan fingerprint density at radius 3 is 2.71 bits per heavy atom. The van der Waals surface area contributed by atoms with Crippen LogP contribution in [0.1, 0.15) is 40.9 Å². The molecule has 0 bridgehead atoms. The molecule has 0 saturated carbocycles. The van der Waals surface area contributed by atoms with Crippen molar-refractivity contribution in [3.63, 3.8) is 0 Å². The molecule has 0 aliphatic carbocycles. The number of pyridine rings is 1. The van der Waals surface area contributed by atoms with Crippen LogP contribution in [0, 0.1) is 20.4 Å². The zero-order valence-corrected chi connectivity index (χ0v) is 24.0. The summed E-state index contributed by atoms with van der Waals surface area (Å²) in [5, 5.41) is 9.83. The van der Waals surface area contributed by atoms with E-state index >= 15 is 0 Å². The lowest BCUT2D eigenvalue weighted by molar-refractivity contribution is -0.122. The first kappa shape index (κ1) is 29.9. The summed E-state index contributed by atoms with van der Waals surface area (Å²) in [6.07, 6.45) is 8.31. The van der Waals surface area contributed by atoms with Gasteiger partial charge in [-0.2, -0.15) is 0 Å². The van der Waals surface area contributed by atoms with Gasteiger partial charge in [0.1, 0.15) is 17.9 Å². The van der Waals surface area contributed by atoms with Gasteiger partial charge in [0.25, 0.3) is 12.5 Å². The second kappa shape index (κ2) is 14.0. The van der Waals surface area contributed by atoms with Crippen LogP contribution in [0.25, 0.3) is 4.85 Å². The Morgan fingerprint density at radius 2 is 2.02 bits per heavy atom. The van der Waals surface area contributed by atoms with Crippen LogP contribution in [0.2, 0.25) is 0 Å². The molecule has 1 aromatic carbocycles. The van der Waals surface area contributed by atoms with Crippen molar-refractivity contribution in [2.45, 2.75) is 33.6 Å². The third kappa shape index (κ3) is 7.16. The van der Waals surface area contributed by atoms with E-state index in [0.717, 1.165) is 5.69 Å². The Kier molecular flexibility index (Phi) is 9.97. The maximum absolute atomic E-state index is 13.4. The molecular weight excluding hydrogens is 534 g/mol. The molecular formula is C31H34N7O4+. The fourth-order valence-corrected chi connectivity index (χ4v) is 4.63. The summed E-state index contributed by atoms with van der Waals surface area (Å²) in [5.41, 5.74) is 3.92. The zero-order valence-electron chi connectivity index (χ0n) is 24.0. The molecule has 216 valence electrons. The number of hydrogen-bond donors (Lipinski definition) is 2. The molecule has 11 nitrogen and oxygen atoms in total. The average Bonchev–Trinajstić information content (AvgIpc) is 3.33. The average molecular weight is 569 g/mol. The third-order valence-corrected chi connectivity index (χ3v) is 6.77. The van der Waals surface area contributed by atoms with Crippen LogP contribution in [-0.4, -0.2) is 54.0 Å². The first-order chi connectivity index (χ1) is 20.3. The van der Waals surface area contributed by atoms with E-state index in [9.17, 15) is 14.4 Å². The van der Waals surface area contributed by atoms with Crippen molar-refractivity contribution >= 4 is 34.8 Å². The molecule has 3 aromatic rings. The van der Waals surface area contributed by atoms with E-state index in [4.69, 9.17) is 11.1 Å². The minimum absolute atomic E-state index is 0.00219. The van der Waals surface area contributed by atoms with Crippen molar-refractivity contribution in [2.75, 3.05) is 41.3 Å². The van der Waals surface area contributed by atoms with E-state index in [2.05, 4.69) is 25.6 Å². The molecule has 11 heteroatoms. The van der Waals surface area contributed by atoms with E-state index in [1.807, 2.05) is 37.3 Å². The second-order valence-corrected chi connectivity index (χ2v) is 9.69. The van der Waals surface area contributed by atoms with Crippen LogP contribution < -0.4 is 20.4 Å². The number of rotatable bonds is 11. The molecule has 1 aliphatic heterocycles. The summed E-state index contributed by atoms with van der Waals surface area (Å²) in [6, 6.07) is 10.8. The highest BCUT2D eigenvalue weighted by molar-refractivity contribution is 6.13. The highest BCUT2D eigenvalue weighted by atomic mass is 16.5. The van der Waals surface area contributed by atoms with Gasteiger partial charge in [-0.25, -0.2) is 0 Å². The normalized spacial score (nSPS) is 13.3. The summed E-state index contributed by atoms with van der Waals surface area (Å²) in [5.74, 6) is -0.468. The smallest absolute Gasteiger partial charge is 0.317 e. The van der Waals surface area contributed by atoms with Crippen LogP contribution in [0.4, 0.5) is 17.1 Å². The molecule has 4 rings (SSSR count). The van der Waals surface area contributed by atoms with Gasteiger partial charge in [-0.1, -0.05) is 23.4 Å². The molecule has 2 aromatic heterocycles. The number of anilines is 3. The molecule has 0 saturated heterocycles. The maximum atomic E-state index is 13.4. The fraction of sp³-hybridized carbons (Fsp3) is 0.290. The SMILES string of the molecule is C#[N+]C(=CC=CC)CCNCC(=O)N1CC(=O)N(CCc2ccccn2)c2ccc(NC(=O)c3c(C)noc3C)cc21. The first-order valence-corrected chi connectivity index (χ1v) is 13.6. The topological polar surface area (TPSA) is 125 Å². The predicted octanol–water partition coefficient (Wildman–Crippen LogP) is 4.26. The van der Waals surface area contributed by atoms with Crippen LogP contribution in [0.15, 0.2) is 71.0 Å². The van der Waals surface area contributed by atoms with Gasteiger partial charge in [0.05, 0.1) is 30.0 Å². The Labute approximate surface area is 244 Å². The molecule has 0 unspecified atom stereocenters. The van der Waals surface area contributed by atoms with Gasteiger partial charge in [-0.3, -0.25) is 24.3 Å². The monoisotopic (exact) mass is 568 g/mol. The maximum Gasteiger partial charge on any atom is 0.317 e. The lowest BCUT2D eigenvalue weighted by Crippen LogP contribution is -2.50. The first-order valence-electron chi connectivity index (χ1n) is 13.6. The van der Waals surface area contributed by atoms with Crippen molar-refractivity contribution < 1.29 is 18.9 Å². The summed E-state index contributed by atoms with van der Waals surface area (Å²) >= 11 is 0. The third-order valence-electron chi connectivity index (χ3n) is 6.77. The number of nitrogens with one attached hydrogen (secondary N) is 2. The van der Waals surface area contributed by atoms with Gasteiger partial charge in [0.2, 0.25) is 11.8 Å². The Morgan fingerprint density at radius 1 is 1.19 bits per heavy atom. The van der Waals surface area contributed by atoms with Gasteiger partial charge < -0.3 is 20.1 Å². The van der Waals surface area contributed by atoms with Crippen molar-refractivity contribution in [1.82, 2.24) is 15.5 Å². The Balaban J connectivity index is 1.55. The molecule has 3 amide bonds. The number of aryl methyl sites for hydroxylation is 2. The van der Waals surface area contributed by atoms with E-state index < -0.39 is 0 Å². The molecule has 2 N–H and O–H groups in total. The Hall–Kier alpha value is -5.08. The largest absolute Gasteiger partial charge is 0.361 e. The lowest BCUT2D eigenvalue weighted by atomic mass is 10.1. The second-order valence-electron chi connectivity index (χ2n) is 9.69. The minimum Gasteiger partial charge on any atom is -0.361 e. The van der Waals surface area contributed by atoms with E-state index in [0.29, 0.717) is 65.7 Å². The van der Waals surface area contributed by atoms with E-state index in [1.54, 1.807) is 49.2 Å². The lowest BCUT2D eigenvalue weighted by Gasteiger charge is -2.36. The predicted molar refractivity (Wildman–Crippen MR) is 162 cm³/mol. The molecule has 3 heterocycles. The number of benzene rings is 1. The van der Waals surface area contributed by atoms with Crippen molar-refractivity contribution in [3.05, 3.63) is 94.1 Å². The van der Waals surface area contributed by atoms with Crippen LogP contribution >= 0.6 is 0 Å². The number of allylic oxidation sites excluding steroid dienone is 3. The minimum atomic E-state index is -0.378. The Bertz CT molecular complexity index is 1530. The van der Waals surface area contributed by atoms with Gasteiger partial charge in [0.15, 0.2) is 0 Å². The van der Waals surface area contributed by atoms with Gasteiger partial charge in [-0.05, 0) is 55.9 Å². The fourth-order valence-electron chi connectivity index (χ4n) is 4.63. The van der Waals surface area contributed by atoms with Crippen molar-refractivity contribution in [1.29, 1.82) is 0 Å². The molecule has 1 aliphatic rings.